The largest absolute Gasteiger partial charge is 0.493 e. The topological polar surface area (TPSA) is 41.3 Å². The van der Waals surface area contributed by atoms with Crippen LogP contribution in [-0.2, 0) is 13.0 Å². The number of fused-ring (bicyclic) bond motifs is 3. The maximum Gasteiger partial charge on any atom is 0.210 e. The van der Waals surface area contributed by atoms with Crippen LogP contribution in [0.5, 0.6) is 5.88 Å². The third-order valence-corrected chi connectivity index (χ3v) is 5.70. The van der Waals surface area contributed by atoms with Crippen molar-refractivity contribution in [3.05, 3.63) is 77.6 Å². The summed E-state index contributed by atoms with van der Waals surface area (Å²) < 4.78 is 2.43. The zero-order chi connectivity index (χ0) is 19.3. The van der Waals surface area contributed by atoms with Crippen molar-refractivity contribution in [2.75, 3.05) is 13.6 Å². The summed E-state index contributed by atoms with van der Waals surface area (Å²) in [6, 6.07) is 18.8. The van der Waals surface area contributed by atoms with Gasteiger partial charge in [0.2, 0.25) is 5.88 Å². The Morgan fingerprint density at radius 3 is 2.71 bits per heavy atom. The molecule has 0 amide bonds. The molecule has 0 bridgehead atoms. The SMILES string of the molecule is Cc1ccc2c(c1)c1c(n2-c2ccccc2-c2ccc(O)nc2)CCN(C)C1. The number of likely N-dealkylation sites (N-methyl/N-ethyl adjacent to an activating group) is 1. The second-order valence-electron chi connectivity index (χ2n) is 7.69. The number of aromatic nitrogens is 2. The maximum atomic E-state index is 9.59. The third-order valence-electron chi connectivity index (χ3n) is 5.70. The summed E-state index contributed by atoms with van der Waals surface area (Å²) in [5.41, 5.74) is 8.67. The van der Waals surface area contributed by atoms with Crippen molar-refractivity contribution in [1.82, 2.24) is 14.5 Å². The van der Waals surface area contributed by atoms with Crippen LogP contribution in [0.25, 0.3) is 27.7 Å². The number of para-hydroxylation sites is 1. The lowest BCUT2D eigenvalue weighted by molar-refractivity contribution is 0.311. The highest BCUT2D eigenvalue weighted by Crippen LogP contribution is 2.37. The second-order valence-corrected chi connectivity index (χ2v) is 7.69. The van der Waals surface area contributed by atoms with Gasteiger partial charge >= 0.3 is 0 Å². The summed E-state index contributed by atoms with van der Waals surface area (Å²) in [4.78, 5) is 6.48. The molecule has 0 radical (unpaired) electrons. The van der Waals surface area contributed by atoms with Gasteiger partial charge in [-0.3, -0.25) is 0 Å². The average molecular weight is 369 g/mol. The lowest BCUT2D eigenvalue weighted by atomic mass is 10.0. The molecule has 0 unspecified atom stereocenters. The first-order chi connectivity index (χ1) is 13.6. The van der Waals surface area contributed by atoms with Gasteiger partial charge in [0.15, 0.2) is 0 Å². The van der Waals surface area contributed by atoms with Gasteiger partial charge in [-0.2, -0.15) is 0 Å². The number of hydrogen-bond acceptors (Lipinski definition) is 3. The third kappa shape index (κ3) is 2.69. The Bertz CT molecular complexity index is 1170. The smallest absolute Gasteiger partial charge is 0.210 e. The van der Waals surface area contributed by atoms with Crippen LogP contribution in [0.1, 0.15) is 16.8 Å². The van der Waals surface area contributed by atoms with E-state index in [0.717, 1.165) is 36.3 Å². The molecule has 4 aromatic rings. The highest BCUT2D eigenvalue weighted by molar-refractivity contribution is 5.90. The van der Waals surface area contributed by atoms with E-state index < -0.39 is 0 Å². The molecular formula is C24H23N3O. The van der Waals surface area contributed by atoms with Crippen molar-refractivity contribution < 1.29 is 5.11 Å². The van der Waals surface area contributed by atoms with Crippen LogP contribution in [0.4, 0.5) is 0 Å². The van der Waals surface area contributed by atoms with E-state index in [4.69, 9.17) is 0 Å². The van der Waals surface area contributed by atoms with E-state index in [-0.39, 0.29) is 5.88 Å². The summed E-state index contributed by atoms with van der Waals surface area (Å²) in [7, 11) is 2.19. The van der Waals surface area contributed by atoms with E-state index in [1.165, 1.54) is 27.7 Å². The minimum Gasteiger partial charge on any atom is -0.493 e. The van der Waals surface area contributed by atoms with Gasteiger partial charge in [0.25, 0.3) is 0 Å². The van der Waals surface area contributed by atoms with Crippen LogP contribution in [0, 0.1) is 6.92 Å². The molecule has 5 rings (SSSR count). The molecule has 140 valence electrons. The normalized spacial score (nSPS) is 14.4. The first kappa shape index (κ1) is 17.0. The Kier molecular flexibility index (Phi) is 3.95. The number of benzene rings is 2. The fraction of sp³-hybridized carbons (Fsp3) is 0.208. The van der Waals surface area contributed by atoms with E-state index >= 15 is 0 Å². The molecule has 4 nitrogen and oxygen atoms in total. The number of aryl methyl sites for hydroxylation is 1. The van der Waals surface area contributed by atoms with E-state index in [0.29, 0.717) is 0 Å². The lowest BCUT2D eigenvalue weighted by Crippen LogP contribution is -2.27. The standard InChI is InChI=1S/C24H23N3O/c1-16-7-9-22-19(13-16)20-15-26(2)12-11-23(20)27(22)21-6-4-3-5-18(21)17-8-10-24(28)25-14-17/h3-10,13-14H,11-12,15H2,1-2H3,(H,25,28). The summed E-state index contributed by atoms with van der Waals surface area (Å²) in [5, 5.41) is 10.9. The molecule has 4 heteroatoms. The van der Waals surface area contributed by atoms with Gasteiger partial charge in [0, 0.05) is 54.0 Å². The van der Waals surface area contributed by atoms with Crippen molar-refractivity contribution in [1.29, 1.82) is 0 Å². The fourth-order valence-electron chi connectivity index (χ4n) is 4.34. The molecule has 0 spiro atoms. The molecular weight excluding hydrogens is 346 g/mol. The Morgan fingerprint density at radius 2 is 1.89 bits per heavy atom. The minimum absolute atomic E-state index is 0.0449. The number of pyridine rings is 1. The lowest BCUT2D eigenvalue weighted by Gasteiger charge is -2.25. The quantitative estimate of drug-likeness (QED) is 0.557. The van der Waals surface area contributed by atoms with Crippen molar-refractivity contribution in [2.45, 2.75) is 19.9 Å². The molecule has 0 fully saturated rings. The van der Waals surface area contributed by atoms with Crippen molar-refractivity contribution >= 4 is 10.9 Å². The summed E-state index contributed by atoms with van der Waals surface area (Å²) >= 11 is 0. The Labute approximate surface area is 164 Å². The number of rotatable bonds is 2. The van der Waals surface area contributed by atoms with Crippen molar-refractivity contribution in [2.24, 2.45) is 0 Å². The summed E-state index contributed by atoms with van der Waals surface area (Å²) in [5.74, 6) is 0.0449. The van der Waals surface area contributed by atoms with E-state index in [2.05, 4.69) is 70.9 Å². The molecule has 2 aromatic carbocycles. The van der Waals surface area contributed by atoms with Gasteiger partial charge in [0.1, 0.15) is 0 Å². The molecule has 2 aromatic heterocycles. The van der Waals surface area contributed by atoms with Gasteiger partial charge < -0.3 is 14.6 Å². The Hall–Kier alpha value is -3.11. The van der Waals surface area contributed by atoms with Gasteiger partial charge in [-0.15, -0.1) is 0 Å². The van der Waals surface area contributed by atoms with E-state index in [1.54, 1.807) is 12.3 Å². The predicted molar refractivity (Wildman–Crippen MR) is 113 cm³/mol. The molecule has 1 aliphatic rings. The van der Waals surface area contributed by atoms with Crippen molar-refractivity contribution in [3.8, 4) is 22.7 Å². The van der Waals surface area contributed by atoms with Crippen LogP contribution in [0.15, 0.2) is 60.8 Å². The van der Waals surface area contributed by atoms with Gasteiger partial charge in [-0.25, -0.2) is 4.98 Å². The highest BCUT2D eigenvalue weighted by atomic mass is 16.3. The molecule has 28 heavy (non-hydrogen) atoms. The second kappa shape index (κ2) is 6.50. The molecule has 0 saturated heterocycles. The number of aromatic hydroxyl groups is 1. The molecule has 0 aliphatic carbocycles. The van der Waals surface area contributed by atoms with Gasteiger partial charge in [0.05, 0.1) is 11.2 Å². The first-order valence-electron chi connectivity index (χ1n) is 9.68. The zero-order valence-corrected chi connectivity index (χ0v) is 16.2. The Balaban J connectivity index is 1.81. The molecule has 1 N–H and O–H groups in total. The van der Waals surface area contributed by atoms with Crippen molar-refractivity contribution in [3.63, 3.8) is 0 Å². The maximum absolute atomic E-state index is 9.59. The highest BCUT2D eigenvalue weighted by Gasteiger charge is 2.24. The Morgan fingerprint density at radius 1 is 1.04 bits per heavy atom. The van der Waals surface area contributed by atoms with Crippen LogP contribution in [-0.4, -0.2) is 33.1 Å². The number of nitrogens with zero attached hydrogens (tertiary/aromatic N) is 3. The predicted octanol–water partition coefficient (Wildman–Crippen LogP) is 4.69. The average Bonchev–Trinajstić information content (AvgIpc) is 3.01. The molecule has 3 heterocycles. The molecule has 0 atom stereocenters. The van der Waals surface area contributed by atoms with E-state index in [1.807, 2.05) is 6.07 Å². The van der Waals surface area contributed by atoms with E-state index in [9.17, 15) is 5.11 Å². The van der Waals surface area contributed by atoms with Gasteiger partial charge in [-0.05, 0) is 43.8 Å². The van der Waals surface area contributed by atoms with Crippen LogP contribution in [0.3, 0.4) is 0 Å². The fourth-order valence-corrected chi connectivity index (χ4v) is 4.34. The zero-order valence-electron chi connectivity index (χ0n) is 16.2. The van der Waals surface area contributed by atoms with Crippen LogP contribution >= 0.6 is 0 Å². The minimum atomic E-state index is 0.0449. The van der Waals surface area contributed by atoms with Crippen LogP contribution in [0.2, 0.25) is 0 Å². The van der Waals surface area contributed by atoms with Gasteiger partial charge in [-0.1, -0.05) is 29.8 Å². The summed E-state index contributed by atoms with van der Waals surface area (Å²) in [6.07, 6.45) is 2.77. The monoisotopic (exact) mass is 369 g/mol. The van der Waals surface area contributed by atoms with Crippen LogP contribution < -0.4 is 0 Å². The first-order valence-corrected chi connectivity index (χ1v) is 9.68. The molecule has 0 saturated carbocycles. The molecule has 1 aliphatic heterocycles. The summed E-state index contributed by atoms with van der Waals surface area (Å²) in [6.45, 7) is 4.20. The number of hydrogen-bond donors (Lipinski definition) is 1.